The lowest BCUT2D eigenvalue weighted by atomic mass is 10.1. The Morgan fingerprint density at radius 1 is 1.11 bits per heavy atom. The van der Waals surface area contributed by atoms with Gasteiger partial charge in [0.05, 0.1) is 5.56 Å². The normalized spacial score (nSPS) is 15.0. The van der Waals surface area contributed by atoms with Gasteiger partial charge in [0.25, 0.3) is 5.91 Å². The molecule has 27 heavy (non-hydrogen) atoms. The molecule has 0 atom stereocenters. The summed E-state index contributed by atoms with van der Waals surface area (Å²) in [6, 6.07) is 9.63. The van der Waals surface area contributed by atoms with Crippen molar-refractivity contribution in [3.63, 3.8) is 0 Å². The van der Waals surface area contributed by atoms with E-state index in [-0.39, 0.29) is 5.91 Å². The van der Waals surface area contributed by atoms with Crippen LogP contribution in [0.3, 0.4) is 0 Å². The fourth-order valence-electron chi connectivity index (χ4n) is 3.60. The number of rotatable bonds is 4. The first-order valence-corrected chi connectivity index (χ1v) is 10.1. The third kappa shape index (κ3) is 4.45. The number of halogens is 1. The number of likely N-dealkylation sites (N-methyl/N-ethyl adjacent to an activating group) is 1. The van der Waals surface area contributed by atoms with Crippen LogP contribution in [-0.2, 0) is 0 Å². The highest BCUT2D eigenvalue weighted by Crippen LogP contribution is 2.29. The van der Waals surface area contributed by atoms with E-state index in [1.165, 1.54) is 0 Å². The molecule has 1 heterocycles. The molecule has 0 aliphatic carbocycles. The number of amides is 1. The highest BCUT2D eigenvalue weighted by Gasteiger charge is 2.22. The maximum absolute atomic E-state index is 13.1. The second kappa shape index (κ2) is 8.31. The number of nitrogens with two attached hydrogens (primary N) is 1. The molecule has 3 rings (SSSR count). The Morgan fingerprint density at radius 2 is 1.74 bits per heavy atom. The molecule has 0 radical (unpaired) electrons. The highest BCUT2D eigenvalue weighted by molar-refractivity contribution is 9.10. The van der Waals surface area contributed by atoms with Crippen LogP contribution in [0.25, 0.3) is 0 Å². The average Bonchev–Trinajstić information content (AvgIpc) is 2.64. The molecule has 1 amide bonds. The summed E-state index contributed by atoms with van der Waals surface area (Å²) >= 11 is 3.50. The van der Waals surface area contributed by atoms with Crippen molar-refractivity contribution < 1.29 is 4.79 Å². The molecule has 3 N–H and O–H groups in total. The van der Waals surface area contributed by atoms with E-state index in [9.17, 15) is 4.79 Å². The van der Waals surface area contributed by atoms with Crippen LogP contribution < -0.4 is 16.0 Å². The minimum absolute atomic E-state index is 0.122. The smallest absolute Gasteiger partial charge is 0.257 e. The summed E-state index contributed by atoms with van der Waals surface area (Å²) in [6.07, 6.45) is 0. The van der Waals surface area contributed by atoms with Gasteiger partial charge in [0.2, 0.25) is 0 Å². The number of hydrogen-bond acceptors (Lipinski definition) is 4. The number of hydrogen-bond donors (Lipinski definition) is 2. The van der Waals surface area contributed by atoms with Gasteiger partial charge in [-0.05, 0) is 61.9 Å². The number of carbonyl (C=O) groups excluding carboxylic acids is 1. The van der Waals surface area contributed by atoms with E-state index in [4.69, 9.17) is 5.73 Å². The maximum atomic E-state index is 13.1. The van der Waals surface area contributed by atoms with E-state index in [0.29, 0.717) is 11.3 Å². The van der Waals surface area contributed by atoms with Gasteiger partial charge in [0, 0.05) is 47.7 Å². The Balaban J connectivity index is 1.88. The van der Waals surface area contributed by atoms with Gasteiger partial charge in [-0.2, -0.15) is 0 Å². The molecular formula is C21H27BrN4O. The number of nitrogen functional groups attached to an aromatic ring is 1. The first kappa shape index (κ1) is 19.7. The van der Waals surface area contributed by atoms with Crippen molar-refractivity contribution in [1.82, 2.24) is 4.90 Å². The monoisotopic (exact) mass is 430 g/mol. The number of nitrogens with zero attached hydrogens (tertiary/aromatic N) is 2. The van der Waals surface area contributed by atoms with Crippen LogP contribution in [0.2, 0.25) is 0 Å². The summed E-state index contributed by atoms with van der Waals surface area (Å²) in [5.74, 6) is -0.122. The number of carbonyl (C=O) groups is 1. The van der Waals surface area contributed by atoms with Gasteiger partial charge < -0.3 is 20.9 Å². The fourth-order valence-corrected chi connectivity index (χ4v) is 4.29. The van der Waals surface area contributed by atoms with Crippen LogP contribution in [0.4, 0.5) is 17.1 Å². The molecule has 144 valence electrons. The molecule has 0 bridgehead atoms. The lowest BCUT2D eigenvalue weighted by Gasteiger charge is -2.36. The van der Waals surface area contributed by atoms with Crippen molar-refractivity contribution in [2.24, 2.45) is 0 Å². The summed E-state index contributed by atoms with van der Waals surface area (Å²) in [5.41, 5.74) is 11.1. The molecule has 1 aliphatic rings. The van der Waals surface area contributed by atoms with Crippen molar-refractivity contribution in [3.05, 3.63) is 51.5 Å². The molecule has 1 fully saturated rings. The Hall–Kier alpha value is -2.05. The molecule has 1 saturated heterocycles. The van der Waals surface area contributed by atoms with Crippen molar-refractivity contribution in [2.75, 3.05) is 48.7 Å². The summed E-state index contributed by atoms with van der Waals surface area (Å²) in [5, 5.41) is 3.10. The predicted molar refractivity (Wildman–Crippen MR) is 117 cm³/mol. The first-order chi connectivity index (χ1) is 12.9. The predicted octanol–water partition coefficient (Wildman–Crippen LogP) is 4.04. The van der Waals surface area contributed by atoms with Gasteiger partial charge in [0.15, 0.2) is 0 Å². The van der Waals surface area contributed by atoms with Crippen LogP contribution >= 0.6 is 15.9 Å². The third-order valence-corrected chi connectivity index (χ3v) is 5.62. The first-order valence-electron chi connectivity index (χ1n) is 9.34. The third-order valence-electron chi connectivity index (χ3n) is 5.16. The second-order valence-corrected chi connectivity index (χ2v) is 7.98. The lowest BCUT2D eigenvalue weighted by molar-refractivity contribution is 0.102. The van der Waals surface area contributed by atoms with Gasteiger partial charge in [0.1, 0.15) is 0 Å². The topological polar surface area (TPSA) is 61.6 Å². The zero-order valence-corrected chi connectivity index (χ0v) is 17.8. The zero-order valence-electron chi connectivity index (χ0n) is 16.2. The number of nitrogens with one attached hydrogen (secondary N) is 1. The van der Waals surface area contributed by atoms with Crippen LogP contribution in [0.1, 0.15) is 28.4 Å². The fraction of sp³-hybridized carbons (Fsp3) is 0.381. The second-order valence-electron chi connectivity index (χ2n) is 7.07. The molecule has 2 aromatic carbocycles. The number of aryl methyl sites for hydroxylation is 2. The molecule has 0 aromatic heterocycles. The Morgan fingerprint density at radius 3 is 2.33 bits per heavy atom. The van der Waals surface area contributed by atoms with E-state index in [0.717, 1.165) is 59.7 Å². The SMILES string of the molecule is CCN1CCN(c2ccc(N)cc2C(=O)Nc2c(C)cc(Br)cc2C)CC1. The number of piperazine rings is 1. The molecular weight excluding hydrogens is 404 g/mol. The van der Waals surface area contributed by atoms with E-state index in [1.807, 2.05) is 38.1 Å². The van der Waals surface area contributed by atoms with E-state index >= 15 is 0 Å². The summed E-state index contributed by atoms with van der Waals surface area (Å²) in [6.45, 7) is 11.1. The largest absolute Gasteiger partial charge is 0.399 e. The van der Waals surface area contributed by atoms with Gasteiger partial charge in [-0.1, -0.05) is 22.9 Å². The molecule has 2 aromatic rings. The van der Waals surface area contributed by atoms with Crippen LogP contribution in [0.5, 0.6) is 0 Å². The van der Waals surface area contributed by atoms with Gasteiger partial charge in [-0.15, -0.1) is 0 Å². The lowest BCUT2D eigenvalue weighted by Crippen LogP contribution is -2.46. The molecule has 0 saturated carbocycles. The minimum Gasteiger partial charge on any atom is -0.399 e. The Bertz CT molecular complexity index is 821. The van der Waals surface area contributed by atoms with Gasteiger partial charge in [-0.25, -0.2) is 0 Å². The van der Waals surface area contributed by atoms with E-state index in [2.05, 4.69) is 38.0 Å². The molecule has 0 unspecified atom stereocenters. The van der Waals surface area contributed by atoms with Crippen LogP contribution in [0.15, 0.2) is 34.8 Å². The van der Waals surface area contributed by atoms with Gasteiger partial charge in [-0.3, -0.25) is 4.79 Å². The van der Waals surface area contributed by atoms with Gasteiger partial charge >= 0.3 is 0 Å². The maximum Gasteiger partial charge on any atom is 0.257 e. The average molecular weight is 431 g/mol. The number of benzene rings is 2. The molecule has 0 spiro atoms. The van der Waals surface area contributed by atoms with Crippen LogP contribution in [-0.4, -0.2) is 43.5 Å². The summed E-state index contributed by atoms with van der Waals surface area (Å²) in [7, 11) is 0. The Labute approximate surface area is 169 Å². The van der Waals surface area contributed by atoms with Crippen molar-refractivity contribution in [1.29, 1.82) is 0 Å². The van der Waals surface area contributed by atoms with Crippen molar-refractivity contribution >= 4 is 38.9 Å². The van der Waals surface area contributed by atoms with Crippen molar-refractivity contribution in [2.45, 2.75) is 20.8 Å². The Kier molecular flexibility index (Phi) is 6.07. The summed E-state index contributed by atoms with van der Waals surface area (Å²) in [4.78, 5) is 17.8. The van der Waals surface area contributed by atoms with Crippen molar-refractivity contribution in [3.8, 4) is 0 Å². The molecule has 5 nitrogen and oxygen atoms in total. The molecule has 1 aliphatic heterocycles. The highest BCUT2D eigenvalue weighted by atomic mass is 79.9. The minimum atomic E-state index is -0.122. The number of anilines is 3. The van der Waals surface area contributed by atoms with E-state index in [1.54, 1.807) is 6.07 Å². The summed E-state index contributed by atoms with van der Waals surface area (Å²) < 4.78 is 1.01. The zero-order chi connectivity index (χ0) is 19.6. The quantitative estimate of drug-likeness (QED) is 0.718. The molecule has 6 heteroatoms. The standard InChI is InChI=1S/C21H27BrN4O/c1-4-25-7-9-26(10-8-25)19-6-5-17(23)13-18(19)21(27)24-20-14(2)11-16(22)12-15(20)3/h5-6,11-13H,4,7-10,23H2,1-3H3,(H,24,27). The van der Waals surface area contributed by atoms with Crippen LogP contribution in [0, 0.1) is 13.8 Å². The van der Waals surface area contributed by atoms with E-state index < -0.39 is 0 Å².